The molecule has 0 saturated carbocycles. The number of morpholine rings is 1. The van der Waals surface area contributed by atoms with E-state index < -0.39 is 0 Å². The van der Waals surface area contributed by atoms with Crippen molar-refractivity contribution in [1.29, 1.82) is 0 Å². The fourth-order valence-corrected chi connectivity index (χ4v) is 2.57. The van der Waals surface area contributed by atoms with Crippen molar-refractivity contribution in [1.82, 2.24) is 9.80 Å². The Hall–Kier alpha value is -0.890. The Kier molecular flexibility index (Phi) is 5.59. The van der Waals surface area contributed by atoms with Crippen LogP contribution in [0.4, 0.5) is 0 Å². The van der Waals surface area contributed by atoms with E-state index >= 15 is 0 Å². The molecule has 0 spiro atoms. The predicted octanol–water partition coefficient (Wildman–Crippen LogP) is 0.807. The van der Waals surface area contributed by atoms with Crippen molar-refractivity contribution in [2.75, 3.05) is 46.5 Å². The number of carbonyl (C=O) groups excluding carboxylic acids is 1. The smallest absolute Gasteiger partial charge is 0.290 e. The van der Waals surface area contributed by atoms with E-state index in [1.807, 2.05) is 11.9 Å². The van der Waals surface area contributed by atoms with Gasteiger partial charge in [-0.2, -0.15) is 0 Å². The molecule has 1 saturated heterocycles. The summed E-state index contributed by atoms with van der Waals surface area (Å²) in [6, 6.07) is 3.34. The second kappa shape index (κ2) is 7.21. The number of nitrogens with zero attached hydrogens (tertiary/aromatic N) is 2. The average molecular weight is 347 g/mol. The first-order valence-corrected chi connectivity index (χ1v) is 7.34. The van der Waals surface area contributed by atoms with Crippen LogP contribution < -0.4 is 0 Å². The van der Waals surface area contributed by atoms with Crippen molar-refractivity contribution in [3.63, 3.8) is 0 Å². The second-order valence-corrected chi connectivity index (χ2v) is 5.60. The van der Waals surface area contributed by atoms with Crippen molar-refractivity contribution >= 4 is 21.8 Å². The van der Waals surface area contributed by atoms with Crippen LogP contribution in [0.1, 0.15) is 10.6 Å². The van der Waals surface area contributed by atoms with Gasteiger partial charge in [-0.25, -0.2) is 0 Å². The Balaban J connectivity index is 2.04. The van der Waals surface area contributed by atoms with E-state index in [1.165, 1.54) is 0 Å². The first-order chi connectivity index (χ1) is 9.61. The summed E-state index contributed by atoms with van der Waals surface area (Å²) in [5.74, 6) is 0.204. The Bertz CT molecular complexity index is 451. The zero-order valence-corrected chi connectivity index (χ0v) is 13.0. The van der Waals surface area contributed by atoms with E-state index in [0.717, 1.165) is 0 Å². The molecule has 1 aromatic heterocycles. The van der Waals surface area contributed by atoms with Gasteiger partial charge in [0.05, 0.1) is 25.9 Å². The number of ether oxygens (including phenoxy) is 1. The largest absolute Gasteiger partial charge is 0.444 e. The summed E-state index contributed by atoms with van der Waals surface area (Å²) in [5.41, 5.74) is 0. The van der Waals surface area contributed by atoms with Gasteiger partial charge in [0, 0.05) is 19.6 Å². The quantitative estimate of drug-likeness (QED) is 0.854. The molecular weight excluding hydrogens is 328 g/mol. The van der Waals surface area contributed by atoms with Crippen LogP contribution in [0.5, 0.6) is 0 Å². The van der Waals surface area contributed by atoms with Gasteiger partial charge >= 0.3 is 0 Å². The normalized spacial score (nSPS) is 19.6. The van der Waals surface area contributed by atoms with E-state index in [1.54, 1.807) is 17.0 Å². The summed E-state index contributed by atoms with van der Waals surface area (Å²) in [5, 5.41) is 8.95. The third-order valence-electron chi connectivity index (χ3n) is 3.28. The molecule has 1 aromatic rings. The predicted molar refractivity (Wildman–Crippen MR) is 76.6 cm³/mol. The molecule has 1 N–H and O–H groups in total. The number of hydrogen-bond acceptors (Lipinski definition) is 5. The van der Waals surface area contributed by atoms with Crippen molar-refractivity contribution in [3.8, 4) is 0 Å². The molecule has 0 aliphatic carbocycles. The molecule has 7 heteroatoms. The Morgan fingerprint density at radius 1 is 1.60 bits per heavy atom. The lowest BCUT2D eigenvalue weighted by molar-refractivity contribution is -0.0123. The third kappa shape index (κ3) is 3.82. The summed E-state index contributed by atoms with van der Waals surface area (Å²) < 4.78 is 11.3. The van der Waals surface area contributed by atoms with Gasteiger partial charge in [-0.3, -0.25) is 4.79 Å². The Morgan fingerprint density at radius 2 is 2.40 bits per heavy atom. The van der Waals surface area contributed by atoms with E-state index in [0.29, 0.717) is 43.3 Å². The molecule has 0 aromatic carbocycles. The van der Waals surface area contributed by atoms with Crippen molar-refractivity contribution in [2.45, 2.75) is 6.04 Å². The summed E-state index contributed by atoms with van der Waals surface area (Å²) in [4.78, 5) is 16.2. The van der Waals surface area contributed by atoms with Gasteiger partial charge in [-0.1, -0.05) is 0 Å². The molecule has 1 amide bonds. The SMILES string of the molecule is CN(CCO)C[C@@H]1COCCN1C(=O)c1ccc(Br)o1. The second-order valence-electron chi connectivity index (χ2n) is 4.82. The number of aliphatic hydroxyl groups excluding tert-OH is 1. The number of aliphatic hydroxyl groups is 1. The lowest BCUT2D eigenvalue weighted by Crippen LogP contribution is -2.53. The molecule has 2 heterocycles. The van der Waals surface area contributed by atoms with Crippen LogP contribution in [-0.4, -0.2) is 73.4 Å². The first-order valence-electron chi connectivity index (χ1n) is 6.55. The molecule has 112 valence electrons. The number of amides is 1. The molecule has 20 heavy (non-hydrogen) atoms. The standard InChI is InChI=1S/C13H19BrN2O4/c1-15(4-6-17)8-10-9-19-7-5-16(10)13(18)11-2-3-12(14)20-11/h2-3,10,17H,4-9H2,1H3/t10-/m1/s1. The van der Waals surface area contributed by atoms with Crippen LogP contribution in [0.15, 0.2) is 21.2 Å². The molecule has 6 nitrogen and oxygen atoms in total. The minimum absolute atomic E-state index is 0.0309. The minimum atomic E-state index is -0.124. The monoisotopic (exact) mass is 346 g/mol. The zero-order chi connectivity index (χ0) is 14.5. The van der Waals surface area contributed by atoms with Crippen molar-refractivity contribution < 1.29 is 19.1 Å². The maximum Gasteiger partial charge on any atom is 0.290 e. The zero-order valence-electron chi connectivity index (χ0n) is 11.4. The minimum Gasteiger partial charge on any atom is -0.444 e. The molecule has 1 atom stereocenters. The number of furan rings is 1. The molecule has 1 aliphatic rings. The van der Waals surface area contributed by atoms with E-state index in [2.05, 4.69) is 15.9 Å². The summed E-state index contributed by atoms with van der Waals surface area (Å²) >= 11 is 3.20. The average Bonchev–Trinajstić information content (AvgIpc) is 2.85. The molecule has 1 aliphatic heterocycles. The van der Waals surface area contributed by atoms with Crippen LogP contribution in [0.2, 0.25) is 0 Å². The first kappa shape index (κ1) is 15.5. The summed E-state index contributed by atoms with van der Waals surface area (Å²) in [6.45, 7) is 2.92. The van der Waals surface area contributed by atoms with Crippen LogP contribution in [-0.2, 0) is 4.74 Å². The van der Waals surface area contributed by atoms with E-state index in [9.17, 15) is 4.79 Å². The number of likely N-dealkylation sites (N-methyl/N-ethyl adjacent to an activating group) is 1. The van der Waals surface area contributed by atoms with Crippen LogP contribution in [0.3, 0.4) is 0 Å². The lowest BCUT2D eigenvalue weighted by atomic mass is 10.2. The van der Waals surface area contributed by atoms with Crippen LogP contribution >= 0.6 is 15.9 Å². The molecule has 1 fully saturated rings. The van der Waals surface area contributed by atoms with Crippen LogP contribution in [0, 0.1) is 0 Å². The van der Waals surface area contributed by atoms with Gasteiger partial charge in [-0.05, 0) is 35.1 Å². The molecular formula is C13H19BrN2O4. The highest BCUT2D eigenvalue weighted by Crippen LogP contribution is 2.18. The van der Waals surface area contributed by atoms with E-state index in [-0.39, 0.29) is 18.6 Å². The maximum absolute atomic E-state index is 12.5. The highest BCUT2D eigenvalue weighted by atomic mass is 79.9. The number of rotatable bonds is 5. The number of halogens is 1. The summed E-state index contributed by atoms with van der Waals surface area (Å²) in [6.07, 6.45) is 0. The number of carbonyl (C=O) groups is 1. The van der Waals surface area contributed by atoms with Gasteiger partial charge in [0.1, 0.15) is 0 Å². The molecule has 0 bridgehead atoms. The number of hydrogen-bond donors (Lipinski definition) is 1. The third-order valence-corrected chi connectivity index (χ3v) is 3.70. The fraction of sp³-hybridized carbons (Fsp3) is 0.615. The van der Waals surface area contributed by atoms with Crippen LogP contribution in [0.25, 0.3) is 0 Å². The fourth-order valence-electron chi connectivity index (χ4n) is 2.27. The Morgan fingerprint density at radius 3 is 3.05 bits per heavy atom. The highest BCUT2D eigenvalue weighted by molar-refractivity contribution is 9.10. The van der Waals surface area contributed by atoms with Gasteiger partial charge < -0.3 is 24.1 Å². The molecule has 0 unspecified atom stereocenters. The van der Waals surface area contributed by atoms with Gasteiger partial charge in [-0.15, -0.1) is 0 Å². The van der Waals surface area contributed by atoms with Gasteiger partial charge in [0.25, 0.3) is 5.91 Å². The Labute approximate surface area is 126 Å². The van der Waals surface area contributed by atoms with Crippen molar-refractivity contribution in [3.05, 3.63) is 22.6 Å². The van der Waals surface area contributed by atoms with Gasteiger partial charge in [0.15, 0.2) is 10.4 Å². The molecule has 0 radical (unpaired) electrons. The van der Waals surface area contributed by atoms with E-state index in [4.69, 9.17) is 14.3 Å². The maximum atomic E-state index is 12.5. The van der Waals surface area contributed by atoms with Gasteiger partial charge in [0.2, 0.25) is 0 Å². The summed E-state index contributed by atoms with van der Waals surface area (Å²) in [7, 11) is 1.91. The lowest BCUT2D eigenvalue weighted by Gasteiger charge is -2.37. The molecule has 2 rings (SSSR count). The van der Waals surface area contributed by atoms with Crippen molar-refractivity contribution in [2.24, 2.45) is 0 Å². The highest BCUT2D eigenvalue weighted by Gasteiger charge is 2.30. The topological polar surface area (TPSA) is 66.2 Å².